The molecule has 0 unspecified atom stereocenters. The number of carbonyl (C=O) groups is 1. The molecule has 0 atom stereocenters. The third-order valence-corrected chi connectivity index (χ3v) is 2.99. The molecule has 0 aliphatic carbocycles. The number of aromatic carboxylic acids is 1. The van der Waals surface area contributed by atoms with Crippen molar-refractivity contribution < 1.29 is 15.0 Å². The number of nitrogens with zero attached hydrogens (tertiary/aromatic N) is 1. The average molecular weight is 284 g/mol. The fourth-order valence-corrected chi connectivity index (χ4v) is 1.82. The van der Waals surface area contributed by atoms with E-state index in [4.69, 9.17) is 5.11 Å². The van der Waals surface area contributed by atoms with Gasteiger partial charge in [0, 0.05) is 0 Å². The molecule has 0 fully saturated rings. The summed E-state index contributed by atoms with van der Waals surface area (Å²) in [6.45, 7) is 1.99. The largest absolute Gasteiger partial charge is 0.508 e. The van der Waals surface area contributed by atoms with E-state index in [-0.39, 0.29) is 11.3 Å². The molecule has 0 saturated carbocycles. The lowest BCUT2D eigenvalue weighted by molar-refractivity contribution is 0.0697. The normalized spacial score (nSPS) is 11.2. The van der Waals surface area contributed by atoms with Crippen LogP contribution < -0.4 is 5.43 Å². The average Bonchev–Trinajstić information content (AvgIpc) is 2.50. The summed E-state index contributed by atoms with van der Waals surface area (Å²) < 4.78 is 0. The third-order valence-electron chi connectivity index (χ3n) is 2.99. The number of hydrazone groups is 1. The third kappa shape index (κ3) is 3.82. The van der Waals surface area contributed by atoms with E-state index < -0.39 is 5.97 Å². The Morgan fingerprint density at radius 3 is 2.14 bits per heavy atom. The molecule has 2 aromatic rings. The number of carboxylic acid groups (broad SMARTS) is 1. The molecule has 0 saturated heterocycles. The van der Waals surface area contributed by atoms with Crippen LogP contribution >= 0.6 is 0 Å². The second-order valence-electron chi connectivity index (χ2n) is 4.45. The molecule has 0 aliphatic heterocycles. The van der Waals surface area contributed by atoms with Gasteiger partial charge in [0.25, 0.3) is 0 Å². The van der Waals surface area contributed by atoms with E-state index in [1.807, 2.05) is 6.92 Å². The van der Waals surface area contributed by atoms with Crippen LogP contribution in [0.4, 0.5) is 5.69 Å². The van der Waals surface area contributed by atoms with E-state index >= 15 is 0 Å². The summed E-state index contributed by atoms with van der Waals surface area (Å²) >= 11 is 0. The van der Waals surface area contributed by atoms with E-state index in [9.17, 15) is 9.90 Å². The van der Waals surface area contributed by atoms with E-state index in [1.165, 1.54) is 12.1 Å². The second-order valence-corrected chi connectivity index (χ2v) is 4.45. The number of hydrogen-bond donors (Lipinski definition) is 3. The van der Waals surface area contributed by atoms with Crippen molar-refractivity contribution in [2.45, 2.75) is 13.3 Å². The number of nitrogens with one attached hydrogen (secondary N) is 1. The van der Waals surface area contributed by atoms with Crippen molar-refractivity contribution in [2.24, 2.45) is 5.10 Å². The minimum absolute atomic E-state index is 0.214. The highest BCUT2D eigenvalue weighted by molar-refractivity contribution is 6.00. The summed E-state index contributed by atoms with van der Waals surface area (Å²) in [5.74, 6) is -0.741. The molecular weight excluding hydrogens is 268 g/mol. The van der Waals surface area contributed by atoms with Crippen LogP contribution in [-0.4, -0.2) is 21.9 Å². The summed E-state index contributed by atoms with van der Waals surface area (Å²) in [6, 6.07) is 13.2. The van der Waals surface area contributed by atoms with E-state index in [0.29, 0.717) is 5.69 Å². The Balaban J connectivity index is 2.13. The zero-order chi connectivity index (χ0) is 15.2. The SMILES string of the molecule is CC/C(=N/Nc1ccc(C(=O)O)cc1)c1ccc(O)cc1. The highest BCUT2D eigenvalue weighted by Crippen LogP contribution is 2.14. The van der Waals surface area contributed by atoms with Gasteiger partial charge in [0.15, 0.2) is 0 Å². The monoisotopic (exact) mass is 284 g/mol. The van der Waals surface area contributed by atoms with Crippen LogP contribution in [0.15, 0.2) is 53.6 Å². The molecule has 2 rings (SSSR count). The molecule has 108 valence electrons. The Hall–Kier alpha value is -2.82. The van der Waals surface area contributed by atoms with Crippen LogP contribution in [0, 0.1) is 0 Å². The van der Waals surface area contributed by atoms with Gasteiger partial charge in [-0.05, 0) is 60.5 Å². The number of anilines is 1. The van der Waals surface area contributed by atoms with Crippen LogP contribution in [0.1, 0.15) is 29.3 Å². The van der Waals surface area contributed by atoms with Gasteiger partial charge in [0.1, 0.15) is 5.75 Å². The minimum Gasteiger partial charge on any atom is -0.508 e. The maximum Gasteiger partial charge on any atom is 0.335 e. The summed E-state index contributed by atoms with van der Waals surface area (Å²) in [5, 5.41) is 22.4. The first kappa shape index (κ1) is 14.6. The Bertz CT molecular complexity index is 646. The van der Waals surface area contributed by atoms with Gasteiger partial charge in [0.05, 0.1) is 17.0 Å². The van der Waals surface area contributed by atoms with Gasteiger partial charge >= 0.3 is 5.97 Å². The number of rotatable bonds is 5. The van der Waals surface area contributed by atoms with Gasteiger partial charge in [-0.25, -0.2) is 4.79 Å². The van der Waals surface area contributed by atoms with Crippen LogP contribution in [0.5, 0.6) is 5.75 Å². The standard InChI is InChI=1S/C16H16N2O3/c1-2-15(11-5-9-14(19)10-6-11)18-17-13-7-3-12(4-8-13)16(20)21/h3-10,17,19H,2H2,1H3,(H,20,21)/b18-15-. The maximum atomic E-state index is 10.8. The number of benzene rings is 2. The van der Waals surface area contributed by atoms with E-state index in [1.54, 1.807) is 36.4 Å². The van der Waals surface area contributed by atoms with Gasteiger partial charge in [-0.2, -0.15) is 5.10 Å². The molecule has 0 heterocycles. The molecule has 21 heavy (non-hydrogen) atoms. The zero-order valence-corrected chi connectivity index (χ0v) is 11.6. The first-order valence-corrected chi connectivity index (χ1v) is 6.55. The molecule has 5 heteroatoms. The Kier molecular flexibility index (Phi) is 4.56. The number of phenols is 1. The van der Waals surface area contributed by atoms with Crippen molar-refractivity contribution in [1.29, 1.82) is 0 Å². The molecule has 0 radical (unpaired) electrons. The summed E-state index contributed by atoms with van der Waals surface area (Å²) in [7, 11) is 0. The lowest BCUT2D eigenvalue weighted by Gasteiger charge is -2.06. The molecule has 2 aromatic carbocycles. The Morgan fingerprint density at radius 1 is 1.05 bits per heavy atom. The first-order valence-electron chi connectivity index (χ1n) is 6.55. The van der Waals surface area contributed by atoms with E-state index in [2.05, 4.69) is 10.5 Å². The Labute approximate surface area is 122 Å². The van der Waals surface area contributed by atoms with Crippen LogP contribution in [0.3, 0.4) is 0 Å². The first-order chi connectivity index (χ1) is 10.1. The predicted molar refractivity (Wildman–Crippen MR) is 82.0 cm³/mol. The van der Waals surface area contributed by atoms with Crippen LogP contribution in [0.25, 0.3) is 0 Å². The second kappa shape index (κ2) is 6.56. The topological polar surface area (TPSA) is 81.9 Å². The smallest absolute Gasteiger partial charge is 0.335 e. The molecule has 5 nitrogen and oxygen atoms in total. The minimum atomic E-state index is -0.955. The van der Waals surface area contributed by atoms with Crippen LogP contribution in [0.2, 0.25) is 0 Å². The van der Waals surface area contributed by atoms with Crippen molar-refractivity contribution in [2.75, 3.05) is 5.43 Å². The van der Waals surface area contributed by atoms with Gasteiger partial charge in [0.2, 0.25) is 0 Å². The lowest BCUT2D eigenvalue weighted by atomic mass is 10.1. The summed E-state index contributed by atoms with van der Waals surface area (Å²) in [5.41, 5.74) is 5.62. The quantitative estimate of drug-likeness (QED) is 0.581. The highest BCUT2D eigenvalue weighted by atomic mass is 16.4. The van der Waals surface area contributed by atoms with Gasteiger partial charge in [-0.1, -0.05) is 6.92 Å². The molecule has 0 aliphatic rings. The number of phenolic OH excluding ortho intramolecular Hbond substituents is 1. The molecule has 0 bridgehead atoms. The molecule has 0 amide bonds. The fraction of sp³-hybridized carbons (Fsp3) is 0.125. The fourth-order valence-electron chi connectivity index (χ4n) is 1.82. The Morgan fingerprint density at radius 2 is 1.62 bits per heavy atom. The zero-order valence-electron chi connectivity index (χ0n) is 11.6. The number of aromatic hydroxyl groups is 1. The molecule has 0 aromatic heterocycles. The van der Waals surface area contributed by atoms with E-state index in [0.717, 1.165) is 17.7 Å². The summed E-state index contributed by atoms with van der Waals surface area (Å²) in [6.07, 6.45) is 0.727. The number of hydrogen-bond acceptors (Lipinski definition) is 4. The predicted octanol–water partition coefficient (Wildman–Crippen LogP) is 3.32. The number of carboxylic acids is 1. The van der Waals surface area contributed by atoms with Gasteiger partial charge in [-0.15, -0.1) is 0 Å². The molecule has 0 spiro atoms. The van der Waals surface area contributed by atoms with Gasteiger partial charge in [-0.3, -0.25) is 5.43 Å². The van der Waals surface area contributed by atoms with Crippen molar-refractivity contribution in [3.63, 3.8) is 0 Å². The molecule has 3 N–H and O–H groups in total. The van der Waals surface area contributed by atoms with Crippen molar-refractivity contribution in [1.82, 2.24) is 0 Å². The van der Waals surface area contributed by atoms with Crippen molar-refractivity contribution in [3.8, 4) is 5.75 Å². The molecular formula is C16H16N2O3. The van der Waals surface area contributed by atoms with Crippen molar-refractivity contribution >= 4 is 17.4 Å². The van der Waals surface area contributed by atoms with Crippen LogP contribution in [-0.2, 0) is 0 Å². The highest BCUT2D eigenvalue weighted by Gasteiger charge is 2.03. The summed E-state index contributed by atoms with van der Waals surface area (Å²) in [4.78, 5) is 10.8. The lowest BCUT2D eigenvalue weighted by Crippen LogP contribution is -2.03. The maximum absolute atomic E-state index is 10.8. The van der Waals surface area contributed by atoms with Gasteiger partial charge < -0.3 is 10.2 Å². The van der Waals surface area contributed by atoms with Crippen molar-refractivity contribution in [3.05, 3.63) is 59.7 Å².